The summed E-state index contributed by atoms with van der Waals surface area (Å²) in [4.78, 5) is 25.3. The van der Waals surface area contributed by atoms with Gasteiger partial charge >= 0.3 is 0 Å². The minimum absolute atomic E-state index is 0.0247. The molecule has 0 radical (unpaired) electrons. The molecule has 3 N–H and O–H groups in total. The first-order valence-electron chi connectivity index (χ1n) is 10.3. The van der Waals surface area contributed by atoms with Crippen molar-refractivity contribution >= 4 is 44.8 Å². The van der Waals surface area contributed by atoms with Crippen LogP contribution < -0.4 is 15.4 Å². The number of hydrogen-bond acceptors (Lipinski definition) is 4. The largest absolute Gasteiger partial charge is 0.350 e. The highest BCUT2D eigenvalue weighted by Crippen LogP contribution is 2.26. The third-order valence-corrected chi connectivity index (χ3v) is 6.78. The van der Waals surface area contributed by atoms with Gasteiger partial charge in [-0.25, -0.2) is 8.42 Å². The quantitative estimate of drug-likeness (QED) is 0.421. The van der Waals surface area contributed by atoms with Crippen molar-refractivity contribution in [3.63, 3.8) is 0 Å². The Bertz CT molecular complexity index is 1260. The fourth-order valence-corrected chi connectivity index (χ4v) is 4.54. The van der Waals surface area contributed by atoms with E-state index in [-0.39, 0.29) is 27.4 Å². The highest BCUT2D eigenvalue weighted by Gasteiger charge is 2.21. The van der Waals surface area contributed by atoms with E-state index in [0.29, 0.717) is 16.9 Å². The summed E-state index contributed by atoms with van der Waals surface area (Å²) in [6, 6.07) is 18.9. The van der Waals surface area contributed by atoms with Crippen molar-refractivity contribution in [1.29, 1.82) is 0 Å². The number of amides is 2. The van der Waals surface area contributed by atoms with E-state index in [4.69, 9.17) is 11.6 Å². The van der Waals surface area contributed by atoms with Crippen LogP contribution in [0.25, 0.3) is 0 Å². The minimum atomic E-state index is -4.04. The van der Waals surface area contributed by atoms with Gasteiger partial charge in [-0.2, -0.15) is 0 Å². The maximum Gasteiger partial charge on any atom is 0.263 e. The summed E-state index contributed by atoms with van der Waals surface area (Å²) in [5.41, 5.74) is 1.05. The Labute approximate surface area is 198 Å². The van der Waals surface area contributed by atoms with Crippen LogP contribution in [0.4, 0.5) is 11.4 Å². The molecule has 0 aliphatic carbocycles. The summed E-state index contributed by atoms with van der Waals surface area (Å²) < 4.78 is 28.1. The van der Waals surface area contributed by atoms with E-state index in [1.807, 2.05) is 13.8 Å². The van der Waals surface area contributed by atoms with E-state index in [2.05, 4.69) is 15.4 Å². The van der Waals surface area contributed by atoms with Crippen LogP contribution in [0.2, 0.25) is 5.02 Å². The second-order valence-electron chi connectivity index (χ2n) is 7.40. The molecule has 1 atom stereocenters. The molecular weight excluding hydrogens is 462 g/mol. The fraction of sp³-hybridized carbons (Fsp3) is 0.167. The molecule has 7 nitrogen and oxygen atoms in total. The lowest BCUT2D eigenvalue weighted by Gasteiger charge is -2.15. The lowest BCUT2D eigenvalue weighted by Crippen LogP contribution is -2.32. The molecule has 0 unspecified atom stereocenters. The second kappa shape index (κ2) is 10.5. The molecule has 172 valence electrons. The lowest BCUT2D eigenvalue weighted by atomic mass is 10.1. The first-order chi connectivity index (χ1) is 15.7. The molecule has 0 fully saturated rings. The van der Waals surface area contributed by atoms with Crippen LogP contribution >= 0.6 is 11.6 Å². The Morgan fingerprint density at radius 1 is 0.939 bits per heavy atom. The number of halogens is 1. The van der Waals surface area contributed by atoms with Crippen LogP contribution in [-0.4, -0.2) is 26.3 Å². The van der Waals surface area contributed by atoms with E-state index in [0.717, 1.165) is 6.42 Å². The number of rotatable bonds is 8. The van der Waals surface area contributed by atoms with Crippen molar-refractivity contribution in [1.82, 2.24) is 5.32 Å². The van der Waals surface area contributed by atoms with Crippen LogP contribution in [0.15, 0.2) is 77.7 Å². The number of nitrogens with one attached hydrogen (secondary N) is 3. The molecule has 33 heavy (non-hydrogen) atoms. The lowest BCUT2D eigenvalue weighted by molar-refractivity contribution is 0.0940. The van der Waals surface area contributed by atoms with Gasteiger partial charge in [0.25, 0.3) is 21.8 Å². The van der Waals surface area contributed by atoms with E-state index in [1.165, 1.54) is 18.2 Å². The zero-order chi connectivity index (χ0) is 24.0. The van der Waals surface area contributed by atoms with Crippen molar-refractivity contribution in [2.45, 2.75) is 31.2 Å². The maximum absolute atomic E-state index is 12.9. The Balaban J connectivity index is 1.86. The summed E-state index contributed by atoms with van der Waals surface area (Å²) in [6.07, 6.45) is 0.763. The Hall–Kier alpha value is -3.36. The van der Waals surface area contributed by atoms with Gasteiger partial charge in [-0.15, -0.1) is 0 Å². The third kappa shape index (κ3) is 6.12. The first-order valence-corrected chi connectivity index (χ1v) is 12.2. The standard InChI is InChI=1S/C24H24ClN3O4S/c1-3-16(2)26-24(30)19-11-7-8-12-21(19)27-23(29)17-13-14-20(25)22(15-17)33(31,32)28-18-9-5-4-6-10-18/h4-16,28H,3H2,1-2H3,(H,26,30)(H,27,29)/t16-/m0/s1. The number of anilines is 2. The average molecular weight is 486 g/mol. The van der Waals surface area contributed by atoms with Crippen molar-refractivity contribution in [3.05, 3.63) is 88.9 Å². The third-order valence-electron chi connectivity index (χ3n) is 4.92. The molecule has 0 heterocycles. The molecule has 0 aromatic heterocycles. The fourth-order valence-electron chi connectivity index (χ4n) is 2.96. The zero-order valence-corrected chi connectivity index (χ0v) is 19.7. The van der Waals surface area contributed by atoms with Gasteiger partial charge in [0, 0.05) is 17.3 Å². The van der Waals surface area contributed by atoms with Gasteiger partial charge in [0.05, 0.1) is 16.3 Å². The smallest absolute Gasteiger partial charge is 0.263 e. The van der Waals surface area contributed by atoms with Crippen LogP contribution in [0.1, 0.15) is 41.0 Å². The highest BCUT2D eigenvalue weighted by molar-refractivity contribution is 7.92. The second-order valence-corrected chi connectivity index (χ2v) is 9.46. The summed E-state index contributed by atoms with van der Waals surface area (Å²) in [5.74, 6) is -0.890. The van der Waals surface area contributed by atoms with Gasteiger partial charge in [-0.3, -0.25) is 14.3 Å². The predicted octanol–water partition coefficient (Wildman–Crippen LogP) is 4.92. The number of carbonyl (C=O) groups excluding carboxylic acids is 2. The zero-order valence-electron chi connectivity index (χ0n) is 18.1. The molecule has 3 rings (SSSR count). The molecule has 9 heteroatoms. The van der Waals surface area contributed by atoms with Crippen molar-refractivity contribution in [3.8, 4) is 0 Å². The molecule has 2 amide bonds. The average Bonchev–Trinajstić information content (AvgIpc) is 2.79. The molecule has 0 aliphatic heterocycles. The molecule has 0 saturated carbocycles. The van der Waals surface area contributed by atoms with Gasteiger partial charge in [-0.1, -0.05) is 48.9 Å². The summed E-state index contributed by atoms with van der Waals surface area (Å²) in [6.45, 7) is 3.84. The predicted molar refractivity (Wildman–Crippen MR) is 130 cm³/mol. The molecule has 3 aromatic carbocycles. The van der Waals surface area contributed by atoms with Crippen LogP contribution in [0.3, 0.4) is 0 Å². The van der Waals surface area contributed by atoms with Crippen molar-refractivity contribution in [2.75, 3.05) is 10.0 Å². The van der Waals surface area contributed by atoms with Crippen molar-refractivity contribution in [2.24, 2.45) is 0 Å². The Morgan fingerprint density at radius 2 is 1.61 bits per heavy atom. The van der Waals surface area contributed by atoms with Crippen LogP contribution in [-0.2, 0) is 10.0 Å². The van der Waals surface area contributed by atoms with Gasteiger partial charge in [-0.05, 0) is 55.8 Å². The molecule has 0 saturated heterocycles. The SMILES string of the molecule is CC[C@H](C)NC(=O)c1ccccc1NC(=O)c1ccc(Cl)c(S(=O)(=O)Nc2ccccc2)c1. The maximum atomic E-state index is 12.9. The van der Waals surface area contributed by atoms with Crippen LogP contribution in [0.5, 0.6) is 0 Å². The number of benzene rings is 3. The topological polar surface area (TPSA) is 104 Å². The van der Waals surface area contributed by atoms with Gasteiger partial charge in [0.15, 0.2) is 0 Å². The highest BCUT2D eigenvalue weighted by atomic mass is 35.5. The van der Waals surface area contributed by atoms with Gasteiger partial charge in [0.2, 0.25) is 0 Å². The monoisotopic (exact) mass is 485 g/mol. The number of hydrogen-bond donors (Lipinski definition) is 3. The summed E-state index contributed by atoms with van der Waals surface area (Å²) >= 11 is 6.14. The summed E-state index contributed by atoms with van der Waals surface area (Å²) in [7, 11) is -4.04. The first kappa shape index (κ1) is 24.3. The molecular formula is C24H24ClN3O4S. The van der Waals surface area contributed by atoms with Crippen LogP contribution in [0, 0.1) is 0 Å². The molecule has 3 aromatic rings. The molecule has 0 bridgehead atoms. The van der Waals surface area contributed by atoms with E-state index in [1.54, 1.807) is 54.6 Å². The van der Waals surface area contributed by atoms with Gasteiger partial charge < -0.3 is 10.6 Å². The minimum Gasteiger partial charge on any atom is -0.350 e. The van der Waals surface area contributed by atoms with E-state index >= 15 is 0 Å². The van der Waals surface area contributed by atoms with Gasteiger partial charge in [0.1, 0.15) is 4.90 Å². The van der Waals surface area contributed by atoms with E-state index in [9.17, 15) is 18.0 Å². The van der Waals surface area contributed by atoms with E-state index < -0.39 is 15.9 Å². The summed E-state index contributed by atoms with van der Waals surface area (Å²) in [5, 5.41) is 5.53. The number of carbonyl (C=O) groups is 2. The number of sulfonamides is 1. The number of para-hydroxylation sites is 2. The van der Waals surface area contributed by atoms with Crippen molar-refractivity contribution < 1.29 is 18.0 Å². The normalized spacial score (nSPS) is 12.0. The molecule has 0 spiro atoms. The Kier molecular flexibility index (Phi) is 7.73. The Morgan fingerprint density at radius 3 is 2.30 bits per heavy atom. The molecule has 0 aliphatic rings.